The predicted octanol–water partition coefficient (Wildman–Crippen LogP) is 19.8. The predicted molar refractivity (Wildman–Crippen MR) is 380 cm³/mol. The van der Waals surface area contributed by atoms with E-state index in [0.29, 0.717) is 30.8 Å². The van der Waals surface area contributed by atoms with Crippen LogP contribution in [0.1, 0.15) is 257 Å². The third-order valence-corrected chi connectivity index (χ3v) is 18.6. The van der Waals surface area contributed by atoms with Crippen molar-refractivity contribution in [3.8, 4) is 17.2 Å². The van der Waals surface area contributed by atoms with Crippen molar-refractivity contribution in [2.24, 2.45) is 23.7 Å². The molecule has 4 aliphatic rings. The molecule has 2 saturated carbocycles. The lowest BCUT2D eigenvalue weighted by Crippen LogP contribution is -2.53. The van der Waals surface area contributed by atoms with Gasteiger partial charge in [0.1, 0.15) is 48.0 Å². The standard InChI is InChI=1S/C27H37NO4.C23H30O2.C16H24O2.C14H25NO3.ClH/c1-5-11-22-15-10-17-24(28(22)26(30)32-27(2,3)4)25(29)21-14-9-16-23(18-21)31-19-20-12-7-6-8-13-20;1-2-8-18-11-6-12-20(15-18)23(24)21-13-7-14-22(16-21)25-17-19-9-4-3-5-10-19;1-2-5-12-6-3-7-13(10-12)16(18)14-8-4-9-15(17)11-14;1-5-7-11-8-6-9-12(10-16)15(11)13(17)18-14(2,3)4;/h6-9,12-14,16,18,22,24-25,29H,5,10-11,15,17,19H2,1-4H3;3-5,7,9-10,13-14,16,18,20,23-24H,2,6,8,11-12,15,17H2,1H3;4,8-9,11-13,16-18H,2-3,5-7,10H2,1H3;10-12H,5-9H2,1-4H3;1H/t22-,24-,25+;18-,20+,23-;12-,13+,16-;11-,12-;/m1111./s1. The van der Waals surface area contributed by atoms with Gasteiger partial charge in [-0.05, 0) is 206 Å². The second-order valence-corrected chi connectivity index (χ2v) is 28.6. The molecular weight excluding hydrogens is 1200 g/mol. The van der Waals surface area contributed by atoms with Crippen LogP contribution in [-0.4, -0.2) is 84.1 Å². The van der Waals surface area contributed by atoms with E-state index in [9.17, 15) is 34.8 Å². The van der Waals surface area contributed by atoms with Gasteiger partial charge in [-0.2, -0.15) is 0 Å². The number of halogens is 1. The number of phenolic OH excluding ortho intramolecular Hbond substituents is 1. The normalized spacial score (nSPS) is 22.3. The van der Waals surface area contributed by atoms with E-state index in [2.05, 4.69) is 39.8 Å². The fraction of sp³-hybridized carbons (Fsp3) is 0.588. The molecule has 0 unspecified atom stereocenters. The van der Waals surface area contributed by atoms with E-state index in [4.69, 9.17) is 18.9 Å². The SMILES string of the molecule is CCC[C@@H]1CCC[C@H](C=O)N1C(=O)OC(C)(C)C.CCC[C@@H]1CCC[C@H]([C@@H](O)c2cccc(O)c2)C1.CCC[C@@H]1CCC[C@H]([C@@H](O)c2cccc(OCc3ccccc3)c2)C1.CCC[C@@H]1CCC[C@H]([C@@H](O)c2cccc(OCc3ccccc3)c2)N1C(=O)OC(C)(C)C.Cl. The Morgan fingerprint density at radius 2 is 0.894 bits per heavy atom. The first kappa shape index (κ1) is 78.6. The minimum Gasteiger partial charge on any atom is -0.508 e. The third kappa shape index (κ3) is 26.1. The Balaban J connectivity index is 0.000000233. The van der Waals surface area contributed by atoms with Crippen LogP contribution in [0.15, 0.2) is 133 Å². The maximum atomic E-state index is 13.1. The van der Waals surface area contributed by atoms with Crippen molar-refractivity contribution in [3.05, 3.63) is 161 Å². The molecule has 9 rings (SSSR count). The number of aliphatic hydroxyl groups is 3. The maximum absolute atomic E-state index is 13.1. The minimum atomic E-state index is -0.803. The van der Waals surface area contributed by atoms with Gasteiger partial charge in [0.2, 0.25) is 0 Å². The molecule has 14 heteroatoms. The van der Waals surface area contributed by atoms with E-state index in [1.54, 1.807) is 28.0 Å². The summed E-state index contributed by atoms with van der Waals surface area (Å²) in [6.07, 6.45) is 22.5. The number of piperidine rings is 2. The molecule has 11 atom stereocenters. The summed E-state index contributed by atoms with van der Waals surface area (Å²) in [6, 6.07) is 42.4. The van der Waals surface area contributed by atoms with E-state index in [0.717, 1.165) is 142 Å². The topological polar surface area (TPSA) is 176 Å². The number of benzene rings is 5. The van der Waals surface area contributed by atoms with Gasteiger partial charge < -0.3 is 44.2 Å². The van der Waals surface area contributed by atoms with Crippen LogP contribution in [0.3, 0.4) is 0 Å². The molecule has 0 aromatic heterocycles. The highest BCUT2D eigenvalue weighted by Gasteiger charge is 2.41. The zero-order valence-electron chi connectivity index (χ0n) is 58.5. The van der Waals surface area contributed by atoms with Gasteiger partial charge in [0, 0.05) is 12.1 Å². The van der Waals surface area contributed by atoms with Crippen LogP contribution in [-0.2, 0) is 27.5 Å². The third-order valence-electron chi connectivity index (χ3n) is 18.6. The number of hydrogen-bond acceptors (Lipinski definition) is 11. The Labute approximate surface area is 571 Å². The molecule has 0 spiro atoms. The van der Waals surface area contributed by atoms with Gasteiger partial charge in [0.25, 0.3) is 0 Å². The number of rotatable bonds is 21. The fourth-order valence-electron chi connectivity index (χ4n) is 14.2. The molecule has 2 amide bonds. The largest absolute Gasteiger partial charge is 0.508 e. The number of nitrogens with zero attached hydrogens (tertiary/aromatic N) is 2. The number of aldehydes is 1. The van der Waals surface area contributed by atoms with E-state index >= 15 is 0 Å². The second-order valence-electron chi connectivity index (χ2n) is 28.6. The zero-order chi connectivity index (χ0) is 67.3. The minimum absolute atomic E-state index is 0. The summed E-state index contributed by atoms with van der Waals surface area (Å²) >= 11 is 0. The monoisotopic (exact) mass is 1320 g/mol. The summed E-state index contributed by atoms with van der Waals surface area (Å²) in [4.78, 5) is 40.0. The van der Waals surface area contributed by atoms with Crippen molar-refractivity contribution >= 4 is 30.9 Å². The number of likely N-dealkylation sites (tertiary alicyclic amines) is 2. The molecule has 13 nitrogen and oxygen atoms in total. The van der Waals surface area contributed by atoms with Crippen LogP contribution in [0, 0.1) is 23.7 Å². The highest BCUT2D eigenvalue weighted by atomic mass is 35.5. The molecule has 2 aliphatic carbocycles. The number of phenols is 1. The lowest BCUT2D eigenvalue weighted by molar-refractivity contribution is -0.115. The van der Waals surface area contributed by atoms with Gasteiger partial charge in [0.05, 0.1) is 30.4 Å². The van der Waals surface area contributed by atoms with E-state index in [1.165, 1.54) is 51.4 Å². The molecule has 94 heavy (non-hydrogen) atoms. The van der Waals surface area contributed by atoms with Crippen molar-refractivity contribution in [2.45, 2.75) is 277 Å². The average Bonchev–Trinajstić information content (AvgIpc) is 0.816. The number of aromatic hydroxyl groups is 1. The molecule has 0 bridgehead atoms. The first-order valence-corrected chi connectivity index (χ1v) is 35.5. The van der Waals surface area contributed by atoms with Gasteiger partial charge in [-0.3, -0.25) is 9.80 Å². The Bertz CT molecular complexity index is 2930. The van der Waals surface area contributed by atoms with Crippen LogP contribution in [0.25, 0.3) is 0 Å². The smallest absolute Gasteiger partial charge is 0.411 e. The summed E-state index contributed by atoms with van der Waals surface area (Å²) in [5.74, 6) is 4.09. The number of amides is 2. The summed E-state index contributed by atoms with van der Waals surface area (Å²) in [7, 11) is 0. The lowest BCUT2D eigenvalue weighted by atomic mass is 9.76. The van der Waals surface area contributed by atoms with Crippen molar-refractivity contribution in [3.63, 3.8) is 0 Å². The quantitative estimate of drug-likeness (QED) is 0.0515. The van der Waals surface area contributed by atoms with Gasteiger partial charge in [-0.25, -0.2) is 9.59 Å². The molecule has 2 aliphatic heterocycles. The molecule has 2 saturated heterocycles. The van der Waals surface area contributed by atoms with Crippen molar-refractivity contribution in [1.29, 1.82) is 0 Å². The Morgan fingerprint density at radius 1 is 0.489 bits per heavy atom. The average molecular weight is 1320 g/mol. The summed E-state index contributed by atoms with van der Waals surface area (Å²) in [5.41, 5.74) is 3.76. The van der Waals surface area contributed by atoms with Crippen LogP contribution in [0.5, 0.6) is 17.2 Å². The Hall–Kier alpha value is -6.12. The second kappa shape index (κ2) is 40.4. The molecule has 5 aromatic rings. The van der Waals surface area contributed by atoms with Gasteiger partial charge >= 0.3 is 12.2 Å². The summed E-state index contributed by atoms with van der Waals surface area (Å²) in [5, 5.41) is 42.2. The highest BCUT2D eigenvalue weighted by molar-refractivity contribution is 5.85. The van der Waals surface area contributed by atoms with Gasteiger partial charge in [-0.1, -0.05) is 189 Å². The van der Waals surface area contributed by atoms with Crippen LogP contribution in [0.2, 0.25) is 0 Å². The number of aliphatic hydroxyl groups excluding tert-OH is 3. The van der Waals surface area contributed by atoms with Crippen LogP contribution in [0.4, 0.5) is 9.59 Å². The number of carbonyl (C=O) groups is 3. The Kier molecular flexibility index (Phi) is 33.8. The van der Waals surface area contributed by atoms with Gasteiger partial charge in [-0.15, -0.1) is 12.4 Å². The lowest BCUT2D eigenvalue weighted by Gasteiger charge is -2.44. The van der Waals surface area contributed by atoms with Crippen molar-refractivity contribution in [2.75, 3.05) is 0 Å². The van der Waals surface area contributed by atoms with Gasteiger partial charge in [0.15, 0.2) is 0 Å². The molecule has 2 heterocycles. The first-order chi connectivity index (χ1) is 44.6. The fourth-order valence-corrected chi connectivity index (χ4v) is 14.2. The van der Waals surface area contributed by atoms with Crippen LogP contribution < -0.4 is 9.47 Å². The summed E-state index contributed by atoms with van der Waals surface area (Å²) < 4.78 is 23.0. The first-order valence-electron chi connectivity index (χ1n) is 35.5. The zero-order valence-corrected chi connectivity index (χ0v) is 59.4. The van der Waals surface area contributed by atoms with Crippen LogP contribution >= 0.6 is 12.4 Å². The molecule has 0 radical (unpaired) electrons. The molecule has 4 fully saturated rings. The highest BCUT2D eigenvalue weighted by Crippen LogP contribution is 2.42. The number of carbonyl (C=O) groups excluding carboxylic acids is 3. The molecule has 5 aromatic carbocycles. The van der Waals surface area contributed by atoms with E-state index < -0.39 is 23.4 Å². The molecule has 520 valence electrons. The Morgan fingerprint density at radius 3 is 1.33 bits per heavy atom. The van der Waals surface area contributed by atoms with Crippen molar-refractivity contribution in [1.82, 2.24) is 9.80 Å². The molecule has 4 N–H and O–H groups in total. The van der Waals surface area contributed by atoms with Crippen molar-refractivity contribution < 1.29 is 53.8 Å². The van der Waals surface area contributed by atoms with E-state index in [-0.39, 0.29) is 60.6 Å². The number of hydrogen-bond donors (Lipinski definition) is 4. The molecular formula is C80H117ClN2O11. The summed E-state index contributed by atoms with van der Waals surface area (Å²) in [6.45, 7) is 20.9. The van der Waals surface area contributed by atoms with E-state index in [1.807, 2.05) is 145 Å². The maximum Gasteiger partial charge on any atom is 0.411 e. The number of ether oxygens (including phenoxy) is 4.